The fourth-order valence-electron chi connectivity index (χ4n) is 2.31. The number of benzene rings is 1. The number of nitrogens with one attached hydrogen (secondary N) is 1. The summed E-state index contributed by atoms with van der Waals surface area (Å²) in [6.07, 6.45) is -4.45. The Morgan fingerprint density at radius 3 is 2.61 bits per heavy atom. The van der Waals surface area contributed by atoms with Crippen molar-refractivity contribution in [3.05, 3.63) is 34.3 Å². The molecule has 1 N–H and O–H groups in total. The Balaban J connectivity index is 2.09. The van der Waals surface area contributed by atoms with Gasteiger partial charge in [0.15, 0.2) is 0 Å². The maximum Gasteiger partial charge on any atom is 0.417 e. The molecular weight excluding hydrogens is 357 g/mol. The number of hydrogen-bond acceptors (Lipinski definition) is 3. The molecule has 2 rings (SSSR count). The summed E-state index contributed by atoms with van der Waals surface area (Å²) in [6.45, 7) is -0.216. The van der Waals surface area contributed by atoms with E-state index in [0.717, 1.165) is 10.4 Å². The lowest BCUT2D eigenvalue weighted by Gasteiger charge is -2.18. The van der Waals surface area contributed by atoms with Gasteiger partial charge in [0.25, 0.3) is 0 Å². The van der Waals surface area contributed by atoms with Gasteiger partial charge in [0.1, 0.15) is 6.04 Å². The molecule has 0 bridgehead atoms. The molecule has 1 aromatic carbocycles. The zero-order chi connectivity index (χ0) is 17.4. The number of nitrogens with zero attached hydrogens (tertiary/aromatic N) is 1. The van der Waals surface area contributed by atoms with Crippen LogP contribution in [0.2, 0.25) is 5.02 Å². The normalized spacial score (nSPS) is 21.3. The minimum Gasteiger partial charge on any atom is -0.351 e. The van der Waals surface area contributed by atoms with Crippen LogP contribution in [0.15, 0.2) is 18.2 Å². The van der Waals surface area contributed by atoms with Crippen molar-refractivity contribution in [2.45, 2.75) is 25.2 Å². The van der Waals surface area contributed by atoms with Crippen molar-refractivity contribution in [1.29, 1.82) is 0 Å². The molecule has 0 aliphatic carbocycles. The third kappa shape index (κ3) is 3.78. The zero-order valence-electron chi connectivity index (χ0n) is 12.0. The first-order valence-electron chi connectivity index (χ1n) is 6.62. The molecule has 1 heterocycles. The maximum atomic E-state index is 12.8. The van der Waals surface area contributed by atoms with Crippen LogP contribution >= 0.6 is 11.6 Å². The fourth-order valence-corrected chi connectivity index (χ4v) is 4.01. The molecule has 0 spiro atoms. The van der Waals surface area contributed by atoms with Gasteiger partial charge in [-0.3, -0.25) is 4.79 Å². The summed E-state index contributed by atoms with van der Waals surface area (Å²) in [5, 5.41) is 1.95. The molecule has 0 saturated carbocycles. The largest absolute Gasteiger partial charge is 0.417 e. The van der Waals surface area contributed by atoms with Crippen LogP contribution in [0, 0.1) is 0 Å². The van der Waals surface area contributed by atoms with E-state index in [4.69, 9.17) is 11.6 Å². The Morgan fingerprint density at radius 1 is 1.43 bits per heavy atom. The van der Waals surface area contributed by atoms with Gasteiger partial charge in [-0.2, -0.15) is 17.5 Å². The van der Waals surface area contributed by atoms with Crippen molar-refractivity contribution in [1.82, 2.24) is 9.62 Å². The number of hydrogen-bond donors (Lipinski definition) is 1. The number of halogens is 4. The Hall–Kier alpha value is -1.32. The molecule has 0 unspecified atom stereocenters. The van der Waals surface area contributed by atoms with Crippen LogP contribution in [-0.4, -0.2) is 37.5 Å². The van der Waals surface area contributed by atoms with Gasteiger partial charge in [0.05, 0.1) is 16.3 Å². The Bertz CT molecular complexity index is 722. The SMILES string of the molecule is CN1[C@H](C(=O)NCc2cccc(C(F)(F)F)c2Cl)CCS1(=O)=O. The smallest absolute Gasteiger partial charge is 0.351 e. The quantitative estimate of drug-likeness (QED) is 0.885. The molecule has 0 aromatic heterocycles. The summed E-state index contributed by atoms with van der Waals surface area (Å²) in [5.74, 6) is -0.701. The van der Waals surface area contributed by atoms with Gasteiger partial charge in [0, 0.05) is 13.6 Å². The first-order chi connectivity index (χ1) is 10.5. The Morgan fingerprint density at radius 2 is 2.09 bits per heavy atom. The van der Waals surface area contributed by atoms with Crippen LogP contribution in [0.3, 0.4) is 0 Å². The van der Waals surface area contributed by atoms with Gasteiger partial charge in [-0.05, 0) is 18.1 Å². The van der Waals surface area contributed by atoms with E-state index < -0.39 is 38.7 Å². The lowest BCUT2D eigenvalue weighted by Crippen LogP contribution is -2.42. The summed E-state index contributed by atoms with van der Waals surface area (Å²) in [4.78, 5) is 12.0. The molecule has 1 fully saturated rings. The summed E-state index contributed by atoms with van der Waals surface area (Å²) in [5.41, 5.74) is -0.871. The van der Waals surface area contributed by atoms with Gasteiger partial charge >= 0.3 is 6.18 Å². The minimum absolute atomic E-state index is 0.110. The average Bonchev–Trinajstić information content (AvgIpc) is 2.71. The highest BCUT2D eigenvalue weighted by Crippen LogP contribution is 2.36. The molecule has 1 atom stereocenters. The minimum atomic E-state index is -4.59. The zero-order valence-corrected chi connectivity index (χ0v) is 13.6. The van der Waals surface area contributed by atoms with Crippen molar-refractivity contribution in [3.63, 3.8) is 0 Å². The first-order valence-corrected chi connectivity index (χ1v) is 8.61. The topological polar surface area (TPSA) is 66.5 Å². The summed E-state index contributed by atoms with van der Waals surface area (Å²) < 4.78 is 62.4. The van der Waals surface area contributed by atoms with E-state index in [2.05, 4.69) is 5.32 Å². The lowest BCUT2D eigenvalue weighted by atomic mass is 10.1. The first kappa shape index (κ1) is 18.0. The van der Waals surface area contributed by atoms with Crippen LogP contribution in [0.4, 0.5) is 13.2 Å². The van der Waals surface area contributed by atoms with Crippen LogP contribution in [0.5, 0.6) is 0 Å². The van der Waals surface area contributed by atoms with E-state index in [1.807, 2.05) is 0 Å². The van der Waals surface area contributed by atoms with Crippen molar-refractivity contribution in [2.24, 2.45) is 0 Å². The van der Waals surface area contributed by atoms with E-state index in [0.29, 0.717) is 0 Å². The molecule has 1 aromatic rings. The number of carbonyl (C=O) groups excluding carboxylic acids is 1. The molecule has 1 amide bonds. The third-order valence-electron chi connectivity index (χ3n) is 3.67. The second-order valence-electron chi connectivity index (χ2n) is 5.13. The number of rotatable bonds is 3. The van der Waals surface area contributed by atoms with Crippen LogP contribution in [-0.2, 0) is 27.5 Å². The number of carbonyl (C=O) groups is 1. The second kappa shape index (κ2) is 6.29. The number of amides is 1. The van der Waals surface area contributed by atoms with E-state index in [9.17, 15) is 26.4 Å². The Labute approximate surface area is 136 Å². The molecule has 5 nitrogen and oxygen atoms in total. The van der Waals surface area contributed by atoms with Crippen molar-refractivity contribution < 1.29 is 26.4 Å². The predicted octanol–water partition coefficient (Wildman–Crippen LogP) is 2.01. The monoisotopic (exact) mass is 370 g/mol. The summed E-state index contributed by atoms with van der Waals surface area (Å²) in [6, 6.07) is 2.56. The van der Waals surface area contributed by atoms with Crippen LogP contribution < -0.4 is 5.32 Å². The van der Waals surface area contributed by atoms with E-state index in [-0.39, 0.29) is 24.3 Å². The fraction of sp³-hybridized carbons (Fsp3) is 0.462. The number of sulfonamides is 1. The molecule has 0 radical (unpaired) electrons. The standard InChI is InChI=1S/C13H14ClF3N2O3S/c1-19-10(5-6-23(19,21)22)12(20)18-7-8-3-2-4-9(11(8)14)13(15,16)17/h2-4,10H,5-7H2,1H3,(H,18,20)/t10-/m0/s1. The molecule has 10 heteroatoms. The van der Waals surface area contributed by atoms with Gasteiger partial charge in [-0.25, -0.2) is 8.42 Å². The molecule has 1 aliphatic rings. The van der Waals surface area contributed by atoms with Crippen LogP contribution in [0.1, 0.15) is 17.5 Å². The summed E-state index contributed by atoms with van der Waals surface area (Å²) >= 11 is 5.73. The van der Waals surface area contributed by atoms with E-state index >= 15 is 0 Å². The summed E-state index contributed by atoms with van der Waals surface area (Å²) in [7, 11) is -2.14. The maximum absolute atomic E-state index is 12.8. The lowest BCUT2D eigenvalue weighted by molar-refractivity contribution is -0.137. The predicted molar refractivity (Wildman–Crippen MR) is 78.3 cm³/mol. The molecule has 1 saturated heterocycles. The molecule has 128 valence electrons. The highest BCUT2D eigenvalue weighted by Gasteiger charge is 2.38. The highest BCUT2D eigenvalue weighted by molar-refractivity contribution is 7.89. The Kier molecular flexibility index (Phi) is 4.93. The van der Waals surface area contributed by atoms with Crippen LogP contribution in [0.25, 0.3) is 0 Å². The van der Waals surface area contributed by atoms with Crippen molar-refractivity contribution in [3.8, 4) is 0 Å². The van der Waals surface area contributed by atoms with Gasteiger partial charge in [0.2, 0.25) is 15.9 Å². The average molecular weight is 371 g/mol. The third-order valence-corrected chi connectivity index (χ3v) is 6.00. The second-order valence-corrected chi connectivity index (χ2v) is 7.66. The van der Waals surface area contributed by atoms with E-state index in [1.165, 1.54) is 19.2 Å². The van der Waals surface area contributed by atoms with Gasteiger partial charge in [-0.15, -0.1) is 0 Å². The molecule has 23 heavy (non-hydrogen) atoms. The van der Waals surface area contributed by atoms with Crippen molar-refractivity contribution >= 4 is 27.5 Å². The number of alkyl halides is 3. The number of likely N-dealkylation sites (N-methyl/N-ethyl adjacent to an activating group) is 1. The molecule has 1 aliphatic heterocycles. The van der Waals surface area contributed by atoms with Gasteiger partial charge in [-0.1, -0.05) is 23.7 Å². The van der Waals surface area contributed by atoms with Crippen molar-refractivity contribution in [2.75, 3.05) is 12.8 Å². The van der Waals surface area contributed by atoms with E-state index in [1.54, 1.807) is 0 Å². The highest BCUT2D eigenvalue weighted by atomic mass is 35.5. The molecular formula is C13H14ClF3N2O3S. The van der Waals surface area contributed by atoms with Gasteiger partial charge < -0.3 is 5.32 Å².